The van der Waals surface area contributed by atoms with E-state index in [2.05, 4.69) is 31.4 Å². The summed E-state index contributed by atoms with van der Waals surface area (Å²) in [5.41, 5.74) is 7.50. The number of rotatable bonds is 20. The second-order valence-corrected chi connectivity index (χ2v) is 25.5. The lowest BCUT2D eigenvalue weighted by molar-refractivity contribution is -0.139. The fraction of sp³-hybridized carbons (Fsp3) is 0.491. The first kappa shape index (κ1) is 57.1. The first-order chi connectivity index (χ1) is 37.5. The Morgan fingerprint density at radius 1 is 1.01 bits per heavy atom. The molecule has 18 nitrogen and oxygen atoms in total. The van der Waals surface area contributed by atoms with Crippen LogP contribution in [0.4, 0.5) is 14.6 Å². The van der Waals surface area contributed by atoms with Crippen molar-refractivity contribution in [3.05, 3.63) is 122 Å². The largest absolute Gasteiger partial charge is 0.391 e. The minimum Gasteiger partial charge on any atom is -0.391 e. The van der Waals surface area contributed by atoms with E-state index >= 15 is 4.39 Å². The highest BCUT2D eigenvalue weighted by Gasteiger charge is 2.48. The lowest BCUT2D eigenvalue weighted by atomic mass is 9.85. The number of aliphatic hydroxyl groups excluding tert-OH is 1. The topological polar surface area (TPSA) is 230 Å². The van der Waals surface area contributed by atoms with Gasteiger partial charge in [0, 0.05) is 81.0 Å². The number of likely N-dealkylation sites (tertiary alicyclic amines) is 1. The van der Waals surface area contributed by atoms with Gasteiger partial charge in [0.15, 0.2) is 21.5 Å². The average molecular weight is 1130 g/mol. The van der Waals surface area contributed by atoms with Crippen LogP contribution in [0.15, 0.2) is 87.0 Å². The van der Waals surface area contributed by atoms with Gasteiger partial charge < -0.3 is 35.4 Å². The van der Waals surface area contributed by atoms with Crippen molar-refractivity contribution in [2.24, 2.45) is 17.5 Å². The highest BCUT2D eigenvalue weighted by molar-refractivity contribution is 7.91. The minimum atomic E-state index is -3.78. The number of sulfone groups is 1. The van der Waals surface area contributed by atoms with E-state index in [1.165, 1.54) is 15.7 Å². The first-order valence-corrected chi connectivity index (χ1v) is 30.0. The number of aliphatic imine (C=N–C) groups is 1. The van der Waals surface area contributed by atoms with Gasteiger partial charge in [-0.15, -0.1) is 11.3 Å². The van der Waals surface area contributed by atoms with E-state index in [0.29, 0.717) is 54.0 Å². The molecule has 7 heterocycles. The number of halogens is 2. The lowest BCUT2D eigenvalue weighted by Gasteiger charge is -2.35. The summed E-state index contributed by atoms with van der Waals surface area (Å²) < 4.78 is 57.0. The first-order valence-electron chi connectivity index (χ1n) is 27.0. The molecule has 5 atom stereocenters. The number of amides is 3. The van der Waals surface area contributed by atoms with Crippen molar-refractivity contribution in [1.29, 1.82) is 0 Å². The predicted octanol–water partition coefficient (Wildman–Crippen LogP) is 6.71. The Hall–Kier alpha value is -6.62. The molecule has 422 valence electrons. The number of nitrogens with one attached hydrogen (secondary N) is 4. The number of anilines is 1. The van der Waals surface area contributed by atoms with Crippen LogP contribution in [0.1, 0.15) is 121 Å². The fourth-order valence-electron chi connectivity index (χ4n) is 11.3. The molecule has 9 rings (SSSR count). The Morgan fingerprint density at radius 3 is 2.39 bits per heavy atom. The molecule has 1 fully saturated rings. The van der Waals surface area contributed by atoms with Gasteiger partial charge in [0.05, 0.1) is 63.1 Å². The maximum Gasteiger partial charge on any atom is 0.260 e. The molecule has 1 unspecified atom stereocenters. The van der Waals surface area contributed by atoms with Gasteiger partial charge in [-0.3, -0.25) is 19.2 Å². The molecule has 1 saturated heterocycles. The molecule has 0 spiro atoms. The Balaban J connectivity index is 0.759. The van der Waals surface area contributed by atoms with E-state index in [0.717, 1.165) is 78.7 Å². The third-order valence-corrected chi connectivity index (χ3v) is 17.1. The molecule has 1 aliphatic carbocycles. The Labute approximate surface area is 463 Å². The van der Waals surface area contributed by atoms with Crippen molar-refractivity contribution in [2.45, 2.75) is 135 Å². The number of benzene rings is 1. The molecular formula is C57H70F2N10O8S2. The van der Waals surface area contributed by atoms with E-state index < -0.39 is 74.1 Å². The van der Waals surface area contributed by atoms with Crippen LogP contribution >= 0.6 is 11.3 Å². The molecule has 0 saturated carbocycles. The van der Waals surface area contributed by atoms with Crippen molar-refractivity contribution in [2.75, 3.05) is 36.5 Å². The van der Waals surface area contributed by atoms with E-state index in [1.54, 1.807) is 35.6 Å². The number of nitrogens with zero attached hydrogens (tertiary/aromatic N) is 6. The number of hydrogen-bond acceptors (Lipinski definition) is 15. The Bertz CT molecular complexity index is 3330. The molecule has 3 amide bonds. The number of carbonyl (C=O) groups excluding carboxylic acids is 3. The maximum absolute atomic E-state index is 15.4. The van der Waals surface area contributed by atoms with Gasteiger partial charge in [0.25, 0.3) is 11.5 Å². The summed E-state index contributed by atoms with van der Waals surface area (Å²) in [6, 6.07) is 8.28. The normalized spacial score (nSPS) is 21.2. The summed E-state index contributed by atoms with van der Waals surface area (Å²) in [7, 11) is -2.19. The van der Waals surface area contributed by atoms with Crippen LogP contribution in [-0.4, -0.2) is 112 Å². The van der Waals surface area contributed by atoms with Crippen LogP contribution in [0, 0.1) is 24.0 Å². The fourth-order valence-corrected chi connectivity index (χ4v) is 12.9. The maximum atomic E-state index is 15.4. The zero-order valence-corrected chi connectivity index (χ0v) is 47.4. The molecule has 4 aliphatic heterocycles. The zero-order valence-electron chi connectivity index (χ0n) is 45.8. The number of carbonyl (C=O) groups is 3. The Kier molecular flexibility index (Phi) is 16.8. The number of thiazole rings is 1. The molecule has 4 aromatic rings. The van der Waals surface area contributed by atoms with Gasteiger partial charge in [-0.25, -0.2) is 42.5 Å². The van der Waals surface area contributed by atoms with Gasteiger partial charge in [-0.2, -0.15) is 0 Å². The van der Waals surface area contributed by atoms with Gasteiger partial charge in [-0.05, 0) is 61.3 Å². The standard InChI is InChI=1S/C57H70F2N10O8S2/c1-33-49(78-32-63-33)34-17-19-35(20-18-34)57(5)65-51(66-77-57)43-27-37(70)29-69(43)55(74)50(56(2,3)4)64-44(71)16-14-12-10-8-9-11-13-15-23-61-53(72)45-39-30-68(52-41(59)26-36(58)28-62-52)42-21-24-60-48(46(39)42)47-38(22-25-67(6)54(47)73)40(45)31-79(7,75)76/h17-20,22,25-26,28,30,32,37,42-43,50,60,70H,8-16,21,23-24,27,29,31H2,1-7H3,(H,61,72)(H,64,71)(H,65,66)/t37-,42?,43-,50-,57-/m1/s1. The van der Waals surface area contributed by atoms with Crippen LogP contribution in [0.5, 0.6) is 0 Å². The van der Waals surface area contributed by atoms with E-state index in [4.69, 9.17) is 9.83 Å². The number of aliphatic hydroxyl groups is 1. The summed E-state index contributed by atoms with van der Waals surface area (Å²) in [6.07, 6.45) is 11.8. The van der Waals surface area contributed by atoms with Crippen molar-refractivity contribution in [3.8, 4) is 10.4 Å². The van der Waals surface area contributed by atoms with Crippen LogP contribution in [-0.2, 0) is 41.8 Å². The van der Waals surface area contributed by atoms with Crippen LogP contribution < -0.4 is 31.9 Å². The second kappa shape index (κ2) is 23.2. The molecule has 79 heavy (non-hydrogen) atoms. The molecular weight excluding hydrogens is 1050 g/mol. The number of unbranched alkanes of at least 4 members (excludes halogenated alkanes) is 7. The zero-order chi connectivity index (χ0) is 56.6. The Morgan fingerprint density at radius 2 is 1.72 bits per heavy atom. The van der Waals surface area contributed by atoms with Crippen molar-refractivity contribution in [1.82, 2.24) is 40.9 Å². The quantitative estimate of drug-likeness (QED) is 0.0581. The van der Waals surface area contributed by atoms with E-state index in [-0.39, 0.29) is 60.3 Å². The van der Waals surface area contributed by atoms with Crippen molar-refractivity contribution < 1.29 is 41.5 Å². The van der Waals surface area contributed by atoms with Crippen LogP contribution in [0.3, 0.4) is 0 Å². The summed E-state index contributed by atoms with van der Waals surface area (Å²) in [6.45, 7) is 10.3. The number of hydroxylamine groups is 1. The third-order valence-electron chi connectivity index (χ3n) is 15.3. The molecule has 0 radical (unpaired) electrons. The number of aromatic nitrogens is 3. The van der Waals surface area contributed by atoms with Crippen molar-refractivity contribution >= 4 is 61.8 Å². The summed E-state index contributed by atoms with van der Waals surface area (Å²) >= 11 is 1.58. The number of hydrogen-bond donors (Lipinski definition) is 5. The molecule has 5 N–H and O–H groups in total. The molecule has 5 aliphatic rings. The molecule has 3 aromatic heterocycles. The van der Waals surface area contributed by atoms with Crippen molar-refractivity contribution in [3.63, 3.8) is 0 Å². The monoisotopic (exact) mass is 1120 g/mol. The predicted molar refractivity (Wildman–Crippen MR) is 300 cm³/mol. The summed E-state index contributed by atoms with van der Waals surface area (Å²) in [4.78, 5) is 79.9. The van der Waals surface area contributed by atoms with Crippen LogP contribution in [0.2, 0.25) is 0 Å². The molecule has 0 bridgehead atoms. The highest BCUT2D eigenvalue weighted by Crippen LogP contribution is 2.47. The van der Waals surface area contributed by atoms with Gasteiger partial charge in [0.2, 0.25) is 17.5 Å². The average Bonchev–Trinajstić information content (AvgIpc) is 4.40. The van der Waals surface area contributed by atoms with Gasteiger partial charge >= 0.3 is 0 Å². The lowest BCUT2D eigenvalue weighted by Crippen LogP contribution is -2.57. The minimum absolute atomic E-state index is 0.0606. The molecule has 22 heteroatoms. The SMILES string of the molecule is Cc1ncsc1-c1ccc([C@]2(C)N=C([C@H]3C[C@@H](O)CN3C(=O)[C@@H](NC(=O)CCCCCCCCCCNC(=O)C3=C(CS(C)(=O)=O)c4ccn(C)c(=O)c4C4=C5C3=CN(c3ncc(F)cc3F)C5CCN4)C(C)(C)C)NO2)cc1. The summed E-state index contributed by atoms with van der Waals surface area (Å²) in [5, 5.41) is 20.2. The second-order valence-electron chi connectivity index (χ2n) is 22.5. The highest BCUT2D eigenvalue weighted by atomic mass is 32.2. The summed E-state index contributed by atoms with van der Waals surface area (Å²) in [5.74, 6) is -3.11. The number of aryl methyl sites for hydroxylation is 2. The van der Waals surface area contributed by atoms with E-state index in [1.807, 2.05) is 64.4 Å². The number of pyridine rings is 2. The van der Waals surface area contributed by atoms with E-state index in [9.17, 15) is 37.1 Å². The molecule has 1 aromatic carbocycles. The smallest absolute Gasteiger partial charge is 0.260 e. The van der Waals surface area contributed by atoms with Gasteiger partial charge in [-0.1, -0.05) is 83.6 Å². The number of amidine groups is 1. The third kappa shape index (κ3) is 12.3. The number of fused-ring (bicyclic) bond motifs is 2. The number of β-amino-alcohol motifs (C(OH)–C–C–N with tert-alkyl or cyclic N) is 1. The van der Waals surface area contributed by atoms with Crippen LogP contribution in [0.25, 0.3) is 21.7 Å². The van der Waals surface area contributed by atoms with Gasteiger partial charge in [0.1, 0.15) is 17.7 Å².